The number of ketones is 1. The van der Waals surface area contributed by atoms with E-state index in [1.54, 1.807) is 12.1 Å². The van der Waals surface area contributed by atoms with Crippen LogP contribution in [-0.4, -0.2) is 26.3 Å². The Bertz CT molecular complexity index is 814. The van der Waals surface area contributed by atoms with Gasteiger partial charge in [0.2, 0.25) is 0 Å². The molecule has 7 heteroatoms. The Morgan fingerprint density at radius 2 is 2.00 bits per heavy atom. The highest BCUT2D eigenvalue weighted by atomic mass is 35.5. The molecule has 0 N–H and O–H groups in total. The smallest absolute Gasteiger partial charge is 0.191 e. The van der Waals surface area contributed by atoms with Crippen molar-refractivity contribution < 1.29 is 4.79 Å². The van der Waals surface area contributed by atoms with Crippen LogP contribution >= 0.6 is 34.7 Å². The van der Waals surface area contributed by atoms with Gasteiger partial charge >= 0.3 is 0 Å². The summed E-state index contributed by atoms with van der Waals surface area (Å²) in [6.07, 6.45) is 0.722. The lowest BCUT2D eigenvalue weighted by atomic mass is 10.1. The van der Waals surface area contributed by atoms with Gasteiger partial charge in [0.25, 0.3) is 0 Å². The first-order chi connectivity index (χ1) is 11.1. The number of carbonyl (C=O) groups excluding carboxylic acids is 1. The van der Waals surface area contributed by atoms with Gasteiger partial charge in [0.05, 0.1) is 15.0 Å². The van der Waals surface area contributed by atoms with Crippen LogP contribution < -0.4 is 0 Å². The van der Waals surface area contributed by atoms with Gasteiger partial charge in [-0.3, -0.25) is 4.79 Å². The molecular weight excluding hydrogens is 350 g/mol. The second-order valence-electron chi connectivity index (χ2n) is 4.94. The molecule has 1 aromatic carbocycles. The van der Waals surface area contributed by atoms with Crippen molar-refractivity contribution >= 4 is 40.5 Å². The molecule has 0 saturated heterocycles. The average Bonchev–Trinajstić information content (AvgIpc) is 3.14. The largest absolute Gasteiger partial charge is 0.309 e. The van der Waals surface area contributed by atoms with Crippen molar-refractivity contribution in [2.24, 2.45) is 7.05 Å². The highest BCUT2D eigenvalue weighted by molar-refractivity contribution is 7.99. The third-order valence-electron chi connectivity index (χ3n) is 3.31. The summed E-state index contributed by atoms with van der Waals surface area (Å²) in [5, 5.41) is 9.15. The molecule has 2 aromatic heterocycles. The van der Waals surface area contributed by atoms with Crippen LogP contribution in [0, 0.1) is 0 Å². The van der Waals surface area contributed by atoms with E-state index in [2.05, 4.69) is 22.3 Å². The summed E-state index contributed by atoms with van der Waals surface area (Å²) in [5.74, 6) is 1.26. The Morgan fingerprint density at radius 1 is 1.22 bits per heavy atom. The first-order valence-electron chi connectivity index (χ1n) is 6.97. The fourth-order valence-corrected chi connectivity index (χ4v) is 3.95. The Balaban J connectivity index is 1.64. The number of aromatic nitrogens is 3. The average molecular weight is 364 g/mol. The summed E-state index contributed by atoms with van der Waals surface area (Å²) in [7, 11) is 1.92. The van der Waals surface area contributed by atoms with Gasteiger partial charge < -0.3 is 4.57 Å². The van der Waals surface area contributed by atoms with Crippen LogP contribution in [0.5, 0.6) is 0 Å². The lowest BCUT2D eigenvalue weighted by molar-refractivity contribution is 0.102. The summed E-state index contributed by atoms with van der Waals surface area (Å²) in [6.45, 7) is 0. The number of carbonyl (C=O) groups is 1. The van der Waals surface area contributed by atoms with E-state index in [0.29, 0.717) is 15.0 Å². The molecule has 0 spiro atoms. The molecule has 0 aliphatic heterocycles. The van der Waals surface area contributed by atoms with Crippen molar-refractivity contribution in [1.29, 1.82) is 0 Å². The van der Waals surface area contributed by atoms with Gasteiger partial charge in [0.15, 0.2) is 10.9 Å². The monoisotopic (exact) mass is 363 g/mol. The molecular formula is C16H14ClN3OS2. The molecule has 0 aliphatic rings. The number of Topliss-reactive ketones (excluding diaryl/α,β-unsaturated/α-hetero) is 1. The van der Waals surface area contributed by atoms with Crippen LogP contribution in [0.2, 0.25) is 4.34 Å². The van der Waals surface area contributed by atoms with E-state index in [-0.39, 0.29) is 5.78 Å². The zero-order chi connectivity index (χ0) is 16.2. The Labute approximate surface area is 147 Å². The Hall–Kier alpha value is -1.63. The maximum absolute atomic E-state index is 12.1. The predicted octanol–water partition coefficient (Wildman–Crippen LogP) is 4.10. The second-order valence-corrected chi connectivity index (χ2v) is 7.59. The summed E-state index contributed by atoms with van der Waals surface area (Å²) < 4.78 is 2.56. The topological polar surface area (TPSA) is 47.8 Å². The van der Waals surface area contributed by atoms with E-state index >= 15 is 0 Å². The molecule has 0 amide bonds. The molecule has 0 atom stereocenters. The second kappa shape index (κ2) is 7.29. The van der Waals surface area contributed by atoms with Crippen LogP contribution in [0.4, 0.5) is 0 Å². The molecule has 0 saturated carbocycles. The van der Waals surface area contributed by atoms with Crippen LogP contribution in [-0.2, 0) is 13.5 Å². The standard InChI is InChI=1S/C16H14ClN3OS2/c1-20-15(9-11-5-3-2-4-6-11)18-19-16(20)22-10-12(21)13-7-8-14(17)23-13/h2-8H,9-10H2,1H3. The highest BCUT2D eigenvalue weighted by Gasteiger charge is 2.14. The quantitative estimate of drug-likeness (QED) is 0.488. The lowest BCUT2D eigenvalue weighted by Gasteiger charge is -2.03. The van der Waals surface area contributed by atoms with Gasteiger partial charge in [-0.2, -0.15) is 0 Å². The van der Waals surface area contributed by atoms with Crippen LogP contribution in [0.3, 0.4) is 0 Å². The molecule has 2 heterocycles. The number of thiophene rings is 1. The number of halogens is 1. The van der Waals surface area contributed by atoms with Crippen molar-refractivity contribution in [2.45, 2.75) is 11.6 Å². The molecule has 0 fully saturated rings. The van der Waals surface area contributed by atoms with Crippen molar-refractivity contribution in [2.75, 3.05) is 5.75 Å². The van der Waals surface area contributed by atoms with Gasteiger partial charge in [0.1, 0.15) is 5.82 Å². The molecule has 23 heavy (non-hydrogen) atoms. The van der Waals surface area contributed by atoms with E-state index in [0.717, 1.165) is 17.4 Å². The van der Waals surface area contributed by atoms with E-state index in [1.807, 2.05) is 29.8 Å². The van der Waals surface area contributed by atoms with Crippen LogP contribution in [0.25, 0.3) is 0 Å². The van der Waals surface area contributed by atoms with Gasteiger partial charge in [-0.05, 0) is 17.7 Å². The van der Waals surface area contributed by atoms with Crippen molar-refractivity contribution in [1.82, 2.24) is 14.8 Å². The zero-order valence-corrected chi connectivity index (χ0v) is 14.8. The fourth-order valence-electron chi connectivity index (χ4n) is 2.07. The number of benzene rings is 1. The number of hydrogen-bond donors (Lipinski definition) is 0. The minimum Gasteiger partial charge on any atom is -0.309 e. The predicted molar refractivity (Wildman–Crippen MR) is 94.6 cm³/mol. The number of rotatable bonds is 6. The highest BCUT2D eigenvalue weighted by Crippen LogP contribution is 2.24. The van der Waals surface area contributed by atoms with Gasteiger partial charge in [0, 0.05) is 13.5 Å². The van der Waals surface area contributed by atoms with E-state index in [9.17, 15) is 4.79 Å². The SMILES string of the molecule is Cn1c(Cc2ccccc2)nnc1SCC(=O)c1ccc(Cl)s1. The van der Waals surface area contributed by atoms with Gasteiger partial charge in [-0.25, -0.2) is 0 Å². The summed E-state index contributed by atoms with van der Waals surface area (Å²) in [5.41, 5.74) is 1.18. The summed E-state index contributed by atoms with van der Waals surface area (Å²) in [6, 6.07) is 13.6. The maximum atomic E-state index is 12.1. The first-order valence-corrected chi connectivity index (χ1v) is 9.15. The molecule has 3 rings (SSSR count). The number of hydrogen-bond acceptors (Lipinski definition) is 5. The molecule has 3 aromatic rings. The molecule has 0 unspecified atom stereocenters. The maximum Gasteiger partial charge on any atom is 0.191 e. The van der Waals surface area contributed by atoms with Crippen LogP contribution in [0.15, 0.2) is 47.6 Å². The van der Waals surface area contributed by atoms with E-state index < -0.39 is 0 Å². The third kappa shape index (κ3) is 4.02. The normalized spacial score (nSPS) is 10.9. The Kier molecular flexibility index (Phi) is 5.15. The van der Waals surface area contributed by atoms with E-state index in [1.165, 1.54) is 28.7 Å². The molecule has 4 nitrogen and oxygen atoms in total. The zero-order valence-electron chi connectivity index (χ0n) is 12.4. The van der Waals surface area contributed by atoms with Gasteiger partial charge in [-0.1, -0.05) is 53.7 Å². The number of thioether (sulfide) groups is 1. The first kappa shape index (κ1) is 16.2. The lowest BCUT2D eigenvalue weighted by Crippen LogP contribution is -2.03. The minimum absolute atomic E-state index is 0.0551. The molecule has 0 aliphatic carbocycles. The molecule has 0 bridgehead atoms. The van der Waals surface area contributed by atoms with Crippen molar-refractivity contribution in [3.05, 3.63) is 63.1 Å². The van der Waals surface area contributed by atoms with E-state index in [4.69, 9.17) is 11.6 Å². The van der Waals surface area contributed by atoms with Crippen molar-refractivity contribution in [3.8, 4) is 0 Å². The fraction of sp³-hybridized carbons (Fsp3) is 0.188. The molecule has 0 radical (unpaired) electrons. The number of nitrogens with zero attached hydrogens (tertiary/aromatic N) is 3. The summed E-state index contributed by atoms with van der Waals surface area (Å²) >= 11 is 8.56. The van der Waals surface area contributed by atoms with Crippen molar-refractivity contribution in [3.63, 3.8) is 0 Å². The van der Waals surface area contributed by atoms with Crippen LogP contribution in [0.1, 0.15) is 21.1 Å². The Morgan fingerprint density at radius 3 is 2.70 bits per heavy atom. The van der Waals surface area contributed by atoms with Gasteiger partial charge in [-0.15, -0.1) is 21.5 Å². The summed E-state index contributed by atoms with van der Waals surface area (Å²) in [4.78, 5) is 12.8. The molecule has 118 valence electrons. The minimum atomic E-state index is 0.0551. The third-order valence-corrected chi connectivity index (χ3v) is 5.60.